The van der Waals surface area contributed by atoms with Gasteiger partial charge in [-0.15, -0.1) is 0 Å². The minimum Gasteiger partial charge on any atom is -0.495 e. The molecule has 122 valence electrons. The smallest absolute Gasteiger partial charge is 0.251 e. The third kappa shape index (κ3) is 4.11. The molecule has 1 saturated heterocycles. The molecule has 1 fully saturated rings. The van der Waals surface area contributed by atoms with E-state index in [1.165, 1.54) is 20.0 Å². The summed E-state index contributed by atoms with van der Waals surface area (Å²) in [5.41, 5.74) is 6.68. The Balaban J connectivity index is 1.84. The van der Waals surface area contributed by atoms with Gasteiger partial charge in [0.15, 0.2) is 0 Å². The van der Waals surface area contributed by atoms with Gasteiger partial charge in [0.05, 0.1) is 18.9 Å². The first-order valence-corrected chi connectivity index (χ1v) is 7.65. The van der Waals surface area contributed by atoms with E-state index < -0.39 is 6.10 Å². The Kier molecular flexibility index (Phi) is 5.63. The summed E-state index contributed by atoms with van der Waals surface area (Å²) < 4.78 is 5.10. The first-order valence-electron chi connectivity index (χ1n) is 7.65. The number of nitrogens with one attached hydrogen (secondary N) is 1. The van der Waals surface area contributed by atoms with Crippen molar-refractivity contribution in [3.63, 3.8) is 0 Å². The number of hydrogen-bond donors (Lipinski definition) is 3. The van der Waals surface area contributed by atoms with Gasteiger partial charge in [0.25, 0.3) is 5.91 Å². The van der Waals surface area contributed by atoms with Gasteiger partial charge in [-0.1, -0.05) is 0 Å². The topological polar surface area (TPSA) is 87.8 Å². The minimum atomic E-state index is -0.569. The van der Waals surface area contributed by atoms with E-state index in [0.29, 0.717) is 29.6 Å². The number of nitrogen functional groups attached to an aromatic ring is 1. The predicted octanol–water partition coefficient (Wildman–Crippen LogP) is 0.852. The van der Waals surface area contributed by atoms with Crippen LogP contribution < -0.4 is 15.8 Å². The number of ether oxygens (including phenoxy) is 1. The van der Waals surface area contributed by atoms with Crippen molar-refractivity contribution in [3.05, 3.63) is 23.8 Å². The number of carbonyl (C=O) groups excluding carboxylic acids is 1. The van der Waals surface area contributed by atoms with Gasteiger partial charge in [-0.25, -0.2) is 0 Å². The molecule has 1 aliphatic rings. The number of carbonyl (C=O) groups is 1. The fraction of sp³-hybridized carbons (Fsp3) is 0.562. The number of aliphatic hydroxyl groups is 1. The zero-order valence-electron chi connectivity index (χ0n) is 13.2. The molecule has 1 aromatic rings. The number of nitrogens with zero attached hydrogens (tertiary/aromatic N) is 1. The van der Waals surface area contributed by atoms with Gasteiger partial charge in [-0.05, 0) is 44.5 Å². The standard InChI is InChI=1S/C16H25N3O3/c1-11-4-3-7-19(11)10-13(20)9-18-16(21)12-5-6-14(17)15(8-12)22-2/h5-6,8,11,13,20H,3-4,7,9-10,17H2,1-2H3,(H,18,21)/t11-,13+/m0/s1. The molecule has 0 aliphatic carbocycles. The maximum absolute atomic E-state index is 12.1. The molecule has 1 amide bonds. The predicted molar refractivity (Wildman–Crippen MR) is 86.0 cm³/mol. The second-order valence-corrected chi connectivity index (χ2v) is 5.81. The number of aliphatic hydroxyl groups excluding tert-OH is 1. The summed E-state index contributed by atoms with van der Waals surface area (Å²) >= 11 is 0. The van der Waals surface area contributed by atoms with Crippen LogP contribution in [0, 0.1) is 0 Å². The minimum absolute atomic E-state index is 0.231. The van der Waals surface area contributed by atoms with E-state index in [0.717, 1.165) is 6.54 Å². The fourth-order valence-corrected chi connectivity index (χ4v) is 2.76. The highest BCUT2D eigenvalue weighted by Crippen LogP contribution is 2.22. The van der Waals surface area contributed by atoms with Crippen molar-refractivity contribution in [1.82, 2.24) is 10.2 Å². The third-order valence-electron chi connectivity index (χ3n) is 4.13. The number of likely N-dealkylation sites (tertiary alicyclic amines) is 1. The van der Waals surface area contributed by atoms with Crippen molar-refractivity contribution in [1.29, 1.82) is 0 Å². The molecule has 2 rings (SSSR count). The van der Waals surface area contributed by atoms with E-state index in [4.69, 9.17) is 10.5 Å². The van der Waals surface area contributed by atoms with Gasteiger partial charge >= 0.3 is 0 Å². The Morgan fingerprint density at radius 3 is 3.00 bits per heavy atom. The summed E-state index contributed by atoms with van der Waals surface area (Å²) in [7, 11) is 1.51. The highest BCUT2D eigenvalue weighted by atomic mass is 16.5. The Morgan fingerprint density at radius 1 is 1.59 bits per heavy atom. The van der Waals surface area contributed by atoms with Gasteiger partial charge in [0.1, 0.15) is 5.75 Å². The van der Waals surface area contributed by atoms with Gasteiger partial charge in [-0.3, -0.25) is 9.69 Å². The average molecular weight is 307 g/mol. The first-order chi connectivity index (χ1) is 10.5. The van der Waals surface area contributed by atoms with Crippen molar-refractivity contribution in [2.24, 2.45) is 0 Å². The molecule has 4 N–H and O–H groups in total. The molecular weight excluding hydrogens is 282 g/mol. The number of β-amino-alcohol motifs (C(OH)–C–C–N with tert-alkyl or cyclic N) is 1. The average Bonchev–Trinajstić information content (AvgIpc) is 2.90. The Hall–Kier alpha value is -1.79. The Bertz CT molecular complexity index is 521. The monoisotopic (exact) mass is 307 g/mol. The lowest BCUT2D eigenvalue weighted by Gasteiger charge is -2.24. The summed E-state index contributed by atoms with van der Waals surface area (Å²) in [5, 5.41) is 12.8. The van der Waals surface area contributed by atoms with E-state index in [2.05, 4.69) is 17.1 Å². The van der Waals surface area contributed by atoms with Crippen molar-refractivity contribution in [3.8, 4) is 5.75 Å². The number of rotatable bonds is 6. The van der Waals surface area contributed by atoms with Crippen LogP contribution in [0.3, 0.4) is 0 Å². The lowest BCUT2D eigenvalue weighted by molar-refractivity contribution is 0.0852. The lowest BCUT2D eigenvalue weighted by Crippen LogP contribution is -2.41. The Morgan fingerprint density at radius 2 is 2.36 bits per heavy atom. The summed E-state index contributed by atoms with van der Waals surface area (Å²) in [6.07, 6.45) is 1.77. The molecule has 0 bridgehead atoms. The van der Waals surface area contributed by atoms with Gasteiger partial charge in [0.2, 0.25) is 0 Å². The molecule has 0 aromatic heterocycles. The number of hydrogen-bond acceptors (Lipinski definition) is 5. The molecule has 6 heteroatoms. The van der Waals surface area contributed by atoms with Crippen LogP contribution in [-0.2, 0) is 0 Å². The summed E-state index contributed by atoms with van der Waals surface area (Å²) in [4.78, 5) is 14.4. The molecular formula is C16H25N3O3. The van der Waals surface area contributed by atoms with Crippen molar-refractivity contribution in [2.75, 3.05) is 32.5 Å². The van der Waals surface area contributed by atoms with Gasteiger partial charge < -0.3 is 20.9 Å². The first kappa shape index (κ1) is 16.6. The molecule has 1 aliphatic heterocycles. The van der Waals surface area contributed by atoms with Crippen LogP contribution in [0.15, 0.2) is 18.2 Å². The van der Waals surface area contributed by atoms with Crippen LogP contribution in [0.5, 0.6) is 5.75 Å². The van der Waals surface area contributed by atoms with Crippen LogP contribution in [0.4, 0.5) is 5.69 Å². The van der Waals surface area contributed by atoms with Crippen LogP contribution in [-0.4, -0.2) is 54.8 Å². The SMILES string of the molecule is COc1cc(C(=O)NC[C@@H](O)CN2CCC[C@@H]2C)ccc1N. The summed E-state index contributed by atoms with van der Waals surface area (Å²) in [5.74, 6) is 0.228. The van der Waals surface area contributed by atoms with Crippen LogP contribution in [0.2, 0.25) is 0 Å². The second-order valence-electron chi connectivity index (χ2n) is 5.81. The van der Waals surface area contributed by atoms with E-state index in [9.17, 15) is 9.90 Å². The van der Waals surface area contributed by atoms with Gasteiger partial charge in [-0.2, -0.15) is 0 Å². The molecule has 0 unspecified atom stereocenters. The maximum Gasteiger partial charge on any atom is 0.251 e. The fourth-order valence-electron chi connectivity index (χ4n) is 2.76. The third-order valence-corrected chi connectivity index (χ3v) is 4.13. The molecule has 0 spiro atoms. The van der Waals surface area contributed by atoms with E-state index in [1.54, 1.807) is 18.2 Å². The summed E-state index contributed by atoms with van der Waals surface area (Å²) in [6, 6.07) is 5.38. The highest BCUT2D eigenvalue weighted by molar-refractivity contribution is 5.95. The van der Waals surface area contributed by atoms with E-state index in [1.807, 2.05) is 0 Å². The number of amides is 1. The number of benzene rings is 1. The normalized spacial score (nSPS) is 19.9. The second kappa shape index (κ2) is 7.47. The van der Waals surface area contributed by atoms with E-state index in [-0.39, 0.29) is 12.5 Å². The quantitative estimate of drug-likeness (QED) is 0.678. The van der Waals surface area contributed by atoms with E-state index >= 15 is 0 Å². The molecule has 2 atom stereocenters. The van der Waals surface area contributed by atoms with Crippen molar-refractivity contribution < 1.29 is 14.6 Å². The number of methoxy groups -OCH3 is 1. The highest BCUT2D eigenvalue weighted by Gasteiger charge is 2.22. The number of anilines is 1. The summed E-state index contributed by atoms with van der Waals surface area (Å²) in [6.45, 7) is 4.00. The molecule has 6 nitrogen and oxygen atoms in total. The zero-order chi connectivity index (χ0) is 16.1. The van der Waals surface area contributed by atoms with Crippen LogP contribution >= 0.6 is 0 Å². The van der Waals surface area contributed by atoms with Crippen molar-refractivity contribution >= 4 is 11.6 Å². The molecule has 1 heterocycles. The van der Waals surface area contributed by atoms with Crippen molar-refractivity contribution in [2.45, 2.75) is 31.9 Å². The Labute approximate surface area is 131 Å². The molecule has 0 saturated carbocycles. The zero-order valence-corrected chi connectivity index (χ0v) is 13.2. The van der Waals surface area contributed by atoms with Crippen LogP contribution in [0.1, 0.15) is 30.1 Å². The molecule has 1 aromatic carbocycles. The van der Waals surface area contributed by atoms with Gasteiger partial charge in [0, 0.05) is 24.7 Å². The largest absolute Gasteiger partial charge is 0.495 e. The lowest BCUT2D eigenvalue weighted by atomic mass is 10.1. The maximum atomic E-state index is 12.1. The molecule has 0 radical (unpaired) electrons. The number of nitrogens with two attached hydrogens (primary N) is 1. The molecule has 22 heavy (non-hydrogen) atoms. The van der Waals surface area contributed by atoms with Crippen LogP contribution in [0.25, 0.3) is 0 Å².